The molecule has 76 valence electrons. The van der Waals surface area contributed by atoms with Crippen LogP contribution in [0, 0.1) is 5.82 Å². The minimum absolute atomic E-state index is 0.165. The standard InChI is InChI=1S/C8H9FN2OS2/c1-14(12,11-8(10)13)7-4-2-6(9)3-5-7/h2-5H,1H3,(H2,10,13). The number of benzene rings is 1. The molecule has 3 nitrogen and oxygen atoms in total. The third-order valence-corrected chi connectivity index (χ3v) is 3.41. The highest BCUT2D eigenvalue weighted by Crippen LogP contribution is 2.11. The van der Waals surface area contributed by atoms with E-state index < -0.39 is 9.73 Å². The van der Waals surface area contributed by atoms with Crippen molar-refractivity contribution in [3.63, 3.8) is 0 Å². The van der Waals surface area contributed by atoms with E-state index in [1.807, 2.05) is 0 Å². The SMILES string of the molecule is CS(=O)(=NC(N)=S)c1ccc(F)cc1. The number of hydrogen-bond donors (Lipinski definition) is 1. The van der Waals surface area contributed by atoms with Crippen LogP contribution in [0.2, 0.25) is 0 Å². The lowest BCUT2D eigenvalue weighted by molar-refractivity contribution is 0.626. The molecule has 0 bridgehead atoms. The molecule has 0 aliphatic rings. The molecular weight excluding hydrogens is 223 g/mol. The van der Waals surface area contributed by atoms with Crippen LogP contribution in [-0.4, -0.2) is 15.6 Å². The van der Waals surface area contributed by atoms with E-state index in [2.05, 4.69) is 16.6 Å². The second kappa shape index (κ2) is 4.02. The molecule has 2 N–H and O–H groups in total. The zero-order chi connectivity index (χ0) is 10.8. The first-order valence-corrected chi connectivity index (χ1v) is 6.02. The van der Waals surface area contributed by atoms with Crippen LogP contribution < -0.4 is 5.73 Å². The maximum absolute atomic E-state index is 12.6. The minimum atomic E-state index is -2.63. The lowest BCUT2D eigenvalue weighted by Crippen LogP contribution is -2.08. The molecular formula is C8H9FN2OS2. The molecule has 0 saturated carbocycles. The summed E-state index contributed by atoms with van der Waals surface area (Å²) in [5.74, 6) is -0.390. The van der Waals surface area contributed by atoms with Crippen LogP contribution in [0.15, 0.2) is 33.5 Å². The van der Waals surface area contributed by atoms with Crippen molar-refractivity contribution in [3.8, 4) is 0 Å². The first-order chi connectivity index (χ1) is 6.42. The largest absolute Gasteiger partial charge is 0.374 e. The van der Waals surface area contributed by atoms with Gasteiger partial charge < -0.3 is 5.73 Å². The van der Waals surface area contributed by atoms with E-state index in [4.69, 9.17) is 5.73 Å². The summed E-state index contributed by atoms with van der Waals surface area (Å²) >= 11 is 4.53. The van der Waals surface area contributed by atoms with Gasteiger partial charge in [-0.2, -0.15) is 4.36 Å². The quantitative estimate of drug-likeness (QED) is 0.747. The molecule has 0 fully saturated rings. The van der Waals surface area contributed by atoms with Crippen molar-refractivity contribution >= 4 is 27.1 Å². The summed E-state index contributed by atoms with van der Waals surface area (Å²) in [7, 11) is -2.63. The molecule has 6 heteroatoms. The summed E-state index contributed by atoms with van der Waals surface area (Å²) in [6, 6.07) is 5.24. The molecule has 0 saturated heterocycles. The summed E-state index contributed by atoms with van der Waals surface area (Å²) < 4.78 is 28.0. The summed E-state index contributed by atoms with van der Waals surface area (Å²) in [4.78, 5) is 0.409. The van der Waals surface area contributed by atoms with Gasteiger partial charge in [0.1, 0.15) is 5.82 Å². The second-order valence-electron chi connectivity index (χ2n) is 2.69. The third-order valence-electron chi connectivity index (χ3n) is 1.52. The van der Waals surface area contributed by atoms with E-state index in [0.717, 1.165) is 0 Å². The van der Waals surface area contributed by atoms with Gasteiger partial charge in [-0.1, -0.05) is 0 Å². The Hall–Kier alpha value is -1.01. The van der Waals surface area contributed by atoms with Crippen molar-refractivity contribution in [1.29, 1.82) is 0 Å². The Morgan fingerprint density at radius 2 is 2.00 bits per heavy atom. The van der Waals surface area contributed by atoms with Crippen LogP contribution in [0.5, 0.6) is 0 Å². The van der Waals surface area contributed by atoms with Gasteiger partial charge in [0.2, 0.25) is 0 Å². The van der Waals surface area contributed by atoms with Gasteiger partial charge in [0.15, 0.2) is 5.11 Å². The van der Waals surface area contributed by atoms with Crippen LogP contribution in [0.25, 0.3) is 0 Å². The molecule has 1 unspecified atom stereocenters. The Balaban J connectivity index is 3.24. The zero-order valence-corrected chi connectivity index (χ0v) is 9.07. The van der Waals surface area contributed by atoms with E-state index >= 15 is 0 Å². The van der Waals surface area contributed by atoms with Gasteiger partial charge in [-0.15, -0.1) is 0 Å². The molecule has 0 aliphatic carbocycles. The Labute approximate surface area is 87.3 Å². The summed E-state index contributed by atoms with van der Waals surface area (Å²) in [5, 5.41) is -0.165. The molecule has 1 atom stereocenters. The van der Waals surface area contributed by atoms with Crippen molar-refractivity contribution in [3.05, 3.63) is 30.1 Å². The number of rotatable bonds is 1. The fourth-order valence-electron chi connectivity index (χ4n) is 0.911. The summed E-state index contributed by atoms with van der Waals surface area (Å²) in [6.07, 6.45) is 1.40. The molecule has 1 aromatic carbocycles. The lowest BCUT2D eigenvalue weighted by Gasteiger charge is -2.02. The second-order valence-corrected chi connectivity index (χ2v) is 5.36. The normalized spacial score (nSPS) is 14.4. The van der Waals surface area contributed by atoms with Crippen LogP contribution in [0.3, 0.4) is 0 Å². The fourth-order valence-corrected chi connectivity index (χ4v) is 2.43. The number of thiocarbonyl (C=S) groups is 1. The molecule has 1 aromatic rings. The van der Waals surface area contributed by atoms with E-state index in [9.17, 15) is 8.60 Å². The monoisotopic (exact) mass is 232 g/mol. The first-order valence-electron chi connectivity index (χ1n) is 3.69. The summed E-state index contributed by atoms with van der Waals surface area (Å²) in [6.45, 7) is 0. The van der Waals surface area contributed by atoms with Gasteiger partial charge in [0.25, 0.3) is 0 Å². The Kier molecular flexibility index (Phi) is 3.17. The van der Waals surface area contributed by atoms with Gasteiger partial charge in [-0.25, -0.2) is 8.60 Å². The van der Waals surface area contributed by atoms with E-state index in [0.29, 0.717) is 4.90 Å². The van der Waals surface area contributed by atoms with Crippen molar-refractivity contribution < 1.29 is 8.60 Å². The van der Waals surface area contributed by atoms with Crippen LogP contribution >= 0.6 is 12.2 Å². The van der Waals surface area contributed by atoms with Crippen LogP contribution in [0.4, 0.5) is 4.39 Å². The average molecular weight is 232 g/mol. The highest BCUT2D eigenvalue weighted by atomic mass is 32.2. The van der Waals surface area contributed by atoms with Crippen molar-refractivity contribution in [1.82, 2.24) is 0 Å². The van der Waals surface area contributed by atoms with E-state index in [1.165, 1.54) is 30.5 Å². The number of nitrogens with two attached hydrogens (primary N) is 1. The number of hydrogen-bond acceptors (Lipinski definition) is 2. The maximum Gasteiger partial charge on any atom is 0.199 e. The van der Waals surface area contributed by atoms with Crippen LogP contribution in [0.1, 0.15) is 0 Å². The predicted octanol–water partition coefficient (Wildman–Crippen LogP) is 1.53. The minimum Gasteiger partial charge on any atom is -0.374 e. The van der Waals surface area contributed by atoms with Crippen molar-refractivity contribution in [2.45, 2.75) is 4.90 Å². The molecule has 0 aliphatic heterocycles. The molecule has 14 heavy (non-hydrogen) atoms. The zero-order valence-electron chi connectivity index (χ0n) is 7.44. The molecule has 0 amide bonds. The van der Waals surface area contributed by atoms with Crippen molar-refractivity contribution in [2.75, 3.05) is 6.26 Å². The number of halogens is 1. The highest BCUT2D eigenvalue weighted by molar-refractivity contribution is 7.94. The van der Waals surface area contributed by atoms with Gasteiger partial charge in [0.05, 0.1) is 9.73 Å². The van der Waals surface area contributed by atoms with Crippen LogP contribution in [-0.2, 0) is 9.73 Å². The average Bonchev–Trinajstić information content (AvgIpc) is 2.02. The third kappa shape index (κ3) is 2.74. The van der Waals surface area contributed by atoms with Gasteiger partial charge in [-0.05, 0) is 36.5 Å². The Morgan fingerprint density at radius 3 is 2.43 bits per heavy atom. The fraction of sp³-hybridized carbons (Fsp3) is 0.125. The molecule has 1 rings (SSSR count). The van der Waals surface area contributed by atoms with Gasteiger partial charge >= 0.3 is 0 Å². The smallest absolute Gasteiger partial charge is 0.199 e. The van der Waals surface area contributed by atoms with Gasteiger partial charge in [-0.3, -0.25) is 0 Å². The van der Waals surface area contributed by atoms with E-state index in [-0.39, 0.29) is 10.9 Å². The van der Waals surface area contributed by atoms with Gasteiger partial charge in [0, 0.05) is 11.2 Å². The maximum atomic E-state index is 12.6. The molecule has 0 spiro atoms. The molecule has 0 aromatic heterocycles. The predicted molar refractivity (Wildman–Crippen MR) is 57.9 cm³/mol. The van der Waals surface area contributed by atoms with Crippen molar-refractivity contribution in [2.24, 2.45) is 10.1 Å². The number of nitrogens with zero attached hydrogens (tertiary/aromatic N) is 1. The molecule has 0 heterocycles. The van der Waals surface area contributed by atoms with E-state index in [1.54, 1.807) is 0 Å². The topological polar surface area (TPSA) is 55.5 Å². The Morgan fingerprint density at radius 1 is 1.50 bits per heavy atom. The Bertz CT molecular complexity index is 461. The lowest BCUT2D eigenvalue weighted by atomic mass is 10.4. The molecule has 0 radical (unpaired) electrons. The summed E-state index contributed by atoms with van der Waals surface area (Å²) in [5.41, 5.74) is 5.16. The highest BCUT2D eigenvalue weighted by Gasteiger charge is 2.05. The first kappa shape index (κ1) is 11.1.